The van der Waals surface area contributed by atoms with E-state index >= 15 is 0 Å². The second kappa shape index (κ2) is 8.63. The van der Waals surface area contributed by atoms with Gasteiger partial charge in [0, 0.05) is 31.7 Å². The minimum absolute atomic E-state index is 0.0937. The van der Waals surface area contributed by atoms with Gasteiger partial charge in [-0.05, 0) is 31.6 Å². The Balaban J connectivity index is 2.80. The Morgan fingerprint density at radius 3 is 2.55 bits per heavy atom. The summed E-state index contributed by atoms with van der Waals surface area (Å²) in [6.07, 6.45) is 5.10. The summed E-state index contributed by atoms with van der Waals surface area (Å²) >= 11 is 0. The molecule has 0 radical (unpaired) electrons. The Hall–Kier alpha value is -0.610. The smallest absolute Gasteiger partial charge is 0.226 e. The van der Waals surface area contributed by atoms with Crippen LogP contribution in [0.1, 0.15) is 52.9 Å². The van der Waals surface area contributed by atoms with Gasteiger partial charge in [-0.25, -0.2) is 0 Å². The quantitative estimate of drug-likeness (QED) is 0.781. The van der Waals surface area contributed by atoms with E-state index in [9.17, 15) is 4.79 Å². The Bertz CT molecular complexity index is 292. The van der Waals surface area contributed by atoms with Crippen LogP contribution in [0.15, 0.2) is 0 Å². The zero-order valence-electron chi connectivity index (χ0n) is 13.6. The van der Waals surface area contributed by atoms with Gasteiger partial charge in [-0.1, -0.05) is 27.2 Å². The number of hydrogen-bond acceptors (Lipinski definition) is 3. The maximum atomic E-state index is 12.9. The Kier molecular flexibility index (Phi) is 7.52. The van der Waals surface area contributed by atoms with Crippen molar-refractivity contribution in [2.24, 2.45) is 17.6 Å². The molecule has 0 spiro atoms. The predicted molar refractivity (Wildman–Crippen MR) is 82.4 cm³/mol. The molecule has 3 unspecified atom stereocenters. The van der Waals surface area contributed by atoms with Crippen LogP contribution in [0.5, 0.6) is 0 Å². The first kappa shape index (κ1) is 17.4. The summed E-state index contributed by atoms with van der Waals surface area (Å²) in [4.78, 5) is 15.0. The van der Waals surface area contributed by atoms with Gasteiger partial charge in [0.15, 0.2) is 0 Å². The van der Waals surface area contributed by atoms with Crippen molar-refractivity contribution in [3.63, 3.8) is 0 Å². The third-order valence-electron chi connectivity index (χ3n) is 4.88. The van der Waals surface area contributed by atoms with Gasteiger partial charge in [0.25, 0.3) is 0 Å². The average molecular weight is 284 g/mol. The summed E-state index contributed by atoms with van der Waals surface area (Å²) in [6.45, 7) is 7.73. The van der Waals surface area contributed by atoms with Crippen molar-refractivity contribution in [3.05, 3.63) is 0 Å². The molecular formula is C16H32N2O2. The van der Waals surface area contributed by atoms with E-state index in [1.165, 1.54) is 0 Å². The third kappa shape index (κ3) is 4.19. The van der Waals surface area contributed by atoms with Gasteiger partial charge in [0.2, 0.25) is 5.91 Å². The lowest BCUT2D eigenvalue weighted by Gasteiger charge is -2.39. The van der Waals surface area contributed by atoms with Crippen molar-refractivity contribution in [2.45, 2.75) is 65.0 Å². The first-order chi connectivity index (χ1) is 9.56. The standard InChI is InChI=1S/C16H32N2O2/c1-5-13(6-2)18(10-11-20-4)16(19)14-8-7-9-15(17)12(14)3/h12-15H,5-11,17H2,1-4H3. The van der Waals surface area contributed by atoms with Gasteiger partial charge in [-0.15, -0.1) is 0 Å². The largest absolute Gasteiger partial charge is 0.383 e. The number of methoxy groups -OCH3 is 1. The molecule has 0 aromatic rings. The van der Waals surface area contributed by atoms with Gasteiger partial charge >= 0.3 is 0 Å². The van der Waals surface area contributed by atoms with Crippen molar-refractivity contribution < 1.29 is 9.53 Å². The molecule has 118 valence electrons. The van der Waals surface area contributed by atoms with Gasteiger partial charge in [-0.2, -0.15) is 0 Å². The van der Waals surface area contributed by atoms with E-state index in [4.69, 9.17) is 10.5 Å². The molecule has 2 N–H and O–H groups in total. The van der Waals surface area contributed by atoms with Crippen LogP contribution < -0.4 is 5.73 Å². The van der Waals surface area contributed by atoms with Gasteiger partial charge in [0.1, 0.15) is 0 Å². The first-order valence-electron chi connectivity index (χ1n) is 8.11. The third-order valence-corrected chi connectivity index (χ3v) is 4.88. The predicted octanol–water partition coefficient (Wildman–Crippen LogP) is 2.41. The topological polar surface area (TPSA) is 55.6 Å². The number of ether oxygens (including phenoxy) is 1. The van der Waals surface area contributed by atoms with Crippen LogP contribution in [0, 0.1) is 11.8 Å². The molecule has 0 heterocycles. The number of nitrogens with zero attached hydrogens (tertiary/aromatic N) is 1. The number of hydrogen-bond donors (Lipinski definition) is 1. The number of carbonyl (C=O) groups is 1. The number of nitrogens with two attached hydrogens (primary N) is 1. The van der Waals surface area contributed by atoms with E-state index in [0.717, 1.165) is 32.1 Å². The van der Waals surface area contributed by atoms with Crippen LogP contribution in [-0.4, -0.2) is 43.2 Å². The minimum Gasteiger partial charge on any atom is -0.383 e. The van der Waals surface area contributed by atoms with Crippen molar-refractivity contribution in [1.82, 2.24) is 4.90 Å². The van der Waals surface area contributed by atoms with Gasteiger partial charge < -0.3 is 15.4 Å². The van der Waals surface area contributed by atoms with E-state index in [0.29, 0.717) is 25.1 Å². The Labute approximate surface area is 124 Å². The molecule has 1 fully saturated rings. The number of amides is 1. The molecule has 1 aliphatic rings. The first-order valence-corrected chi connectivity index (χ1v) is 8.11. The molecule has 0 aliphatic heterocycles. The molecule has 0 bridgehead atoms. The highest BCUT2D eigenvalue weighted by molar-refractivity contribution is 5.79. The van der Waals surface area contributed by atoms with Crippen molar-refractivity contribution in [2.75, 3.05) is 20.3 Å². The summed E-state index contributed by atoms with van der Waals surface area (Å²) < 4.78 is 5.18. The second-order valence-electron chi connectivity index (χ2n) is 6.06. The Morgan fingerprint density at radius 2 is 2.00 bits per heavy atom. The maximum Gasteiger partial charge on any atom is 0.226 e. The molecule has 4 heteroatoms. The van der Waals surface area contributed by atoms with Crippen LogP contribution >= 0.6 is 0 Å². The lowest BCUT2D eigenvalue weighted by Crippen LogP contribution is -2.50. The highest BCUT2D eigenvalue weighted by Gasteiger charge is 2.36. The second-order valence-corrected chi connectivity index (χ2v) is 6.06. The van der Waals surface area contributed by atoms with E-state index in [-0.39, 0.29) is 17.9 Å². The van der Waals surface area contributed by atoms with E-state index in [1.807, 2.05) is 4.90 Å². The van der Waals surface area contributed by atoms with E-state index in [2.05, 4.69) is 20.8 Å². The van der Waals surface area contributed by atoms with Crippen LogP contribution in [0.3, 0.4) is 0 Å². The molecule has 20 heavy (non-hydrogen) atoms. The molecule has 3 atom stereocenters. The monoisotopic (exact) mass is 284 g/mol. The summed E-state index contributed by atoms with van der Waals surface area (Å²) in [5, 5.41) is 0. The molecular weight excluding hydrogens is 252 g/mol. The zero-order chi connectivity index (χ0) is 15.1. The molecule has 1 aliphatic carbocycles. The fourth-order valence-corrected chi connectivity index (χ4v) is 3.35. The van der Waals surface area contributed by atoms with Crippen LogP contribution in [-0.2, 0) is 9.53 Å². The highest BCUT2D eigenvalue weighted by Crippen LogP contribution is 2.31. The van der Waals surface area contributed by atoms with Gasteiger partial charge in [-0.3, -0.25) is 4.79 Å². The van der Waals surface area contributed by atoms with Crippen molar-refractivity contribution in [3.8, 4) is 0 Å². The summed E-state index contributed by atoms with van der Waals surface area (Å²) in [5.41, 5.74) is 6.15. The highest BCUT2D eigenvalue weighted by atomic mass is 16.5. The molecule has 0 aromatic carbocycles. The van der Waals surface area contributed by atoms with Crippen LogP contribution in [0.2, 0.25) is 0 Å². The van der Waals surface area contributed by atoms with E-state index in [1.54, 1.807) is 7.11 Å². The normalized spacial score (nSPS) is 26.8. The number of rotatable bonds is 7. The molecule has 1 saturated carbocycles. The molecule has 4 nitrogen and oxygen atoms in total. The maximum absolute atomic E-state index is 12.9. The van der Waals surface area contributed by atoms with Gasteiger partial charge in [0.05, 0.1) is 6.61 Å². The molecule has 1 rings (SSSR count). The zero-order valence-corrected chi connectivity index (χ0v) is 13.6. The summed E-state index contributed by atoms with van der Waals surface area (Å²) in [5.74, 6) is 0.672. The molecule has 0 saturated heterocycles. The summed E-state index contributed by atoms with van der Waals surface area (Å²) in [6, 6.07) is 0.492. The Morgan fingerprint density at radius 1 is 1.35 bits per heavy atom. The van der Waals surface area contributed by atoms with Crippen molar-refractivity contribution >= 4 is 5.91 Å². The average Bonchev–Trinajstić information content (AvgIpc) is 2.45. The van der Waals surface area contributed by atoms with Crippen LogP contribution in [0.25, 0.3) is 0 Å². The lowest BCUT2D eigenvalue weighted by molar-refractivity contribution is -0.142. The fourth-order valence-electron chi connectivity index (χ4n) is 3.35. The minimum atomic E-state index is 0.0937. The van der Waals surface area contributed by atoms with Crippen molar-refractivity contribution in [1.29, 1.82) is 0 Å². The SMILES string of the molecule is CCC(CC)N(CCOC)C(=O)C1CCCC(N)C1C. The summed E-state index contributed by atoms with van der Waals surface area (Å²) in [7, 11) is 1.69. The van der Waals surface area contributed by atoms with Crippen LogP contribution in [0.4, 0.5) is 0 Å². The number of carbonyl (C=O) groups excluding carboxylic acids is 1. The lowest BCUT2D eigenvalue weighted by atomic mass is 9.76. The van der Waals surface area contributed by atoms with E-state index < -0.39 is 0 Å². The molecule has 1 amide bonds. The molecule has 0 aromatic heterocycles. The fraction of sp³-hybridized carbons (Fsp3) is 0.938.